The number of esters is 3. The van der Waals surface area contributed by atoms with E-state index in [4.69, 9.17) is 14.2 Å². The minimum Gasteiger partial charge on any atom is -0.463 e. The predicted molar refractivity (Wildman–Crippen MR) is 103 cm³/mol. The highest BCUT2D eigenvalue weighted by Crippen LogP contribution is 2.13. The van der Waals surface area contributed by atoms with Gasteiger partial charge in [0, 0.05) is 25.7 Å². The van der Waals surface area contributed by atoms with Crippen molar-refractivity contribution in [1.82, 2.24) is 5.32 Å². The summed E-state index contributed by atoms with van der Waals surface area (Å²) in [5.74, 6) is -1.60. The minimum absolute atomic E-state index is 0.226. The zero-order valence-corrected chi connectivity index (χ0v) is 17.6. The zero-order chi connectivity index (χ0) is 21.4. The molecule has 0 saturated carbocycles. The molecule has 0 aromatic rings. The summed E-state index contributed by atoms with van der Waals surface area (Å²) in [5, 5.41) is 2.75. The molecular formula is C20H35NO7. The average Bonchev–Trinajstić information content (AvgIpc) is 2.64. The van der Waals surface area contributed by atoms with Crippen molar-refractivity contribution in [2.75, 3.05) is 19.8 Å². The normalized spacial score (nSPS) is 10.9. The maximum Gasteiger partial charge on any atom is 0.305 e. The molecule has 0 bridgehead atoms. The van der Waals surface area contributed by atoms with Gasteiger partial charge in [-0.25, -0.2) is 0 Å². The Labute approximate surface area is 167 Å². The van der Waals surface area contributed by atoms with E-state index in [1.54, 1.807) is 0 Å². The minimum atomic E-state index is -1.32. The molecular weight excluding hydrogens is 366 g/mol. The SMILES string of the molecule is CCCC(=O)NC(COC(=O)CCC)(COC(=O)CCC)COC(=O)CCC. The Hall–Kier alpha value is -2.12. The number of nitrogens with one attached hydrogen (secondary N) is 1. The molecule has 0 atom stereocenters. The van der Waals surface area contributed by atoms with Gasteiger partial charge in [-0.1, -0.05) is 27.7 Å². The highest BCUT2D eigenvalue weighted by Gasteiger charge is 2.37. The van der Waals surface area contributed by atoms with E-state index in [2.05, 4.69) is 5.32 Å². The summed E-state index contributed by atoms with van der Waals surface area (Å²) in [4.78, 5) is 47.7. The van der Waals surface area contributed by atoms with Crippen molar-refractivity contribution in [3.8, 4) is 0 Å². The van der Waals surface area contributed by atoms with Crippen LogP contribution in [-0.2, 0) is 33.4 Å². The molecule has 0 aliphatic carbocycles. The fourth-order valence-electron chi connectivity index (χ4n) is 2.30. The number of amides is 1. The quantitative estimate of drug-likeness (QED) is 0.332. The van der Waals surface area contributed by atoms with E-state index in [1.807, 2.05) is 27.7 Å². The molecule has 0 aliphatic rings. The van der Waals surface area contributed by atoms with Gasteiger partial charge < -0.3 is 19.5 Å². The second-order valence-corrected chi connectivity index (χ2v) is 6.81. The van der Waals surface area contributed by atoms with Gasteiger partial charge in [0.15, 0.2) is 0 Å². The number of carbonyl (C=O) groups is 4. The molecule has 0 aromatic carbocycles. The predicted octanol–water partition coefficient (Wildman–Crippen LogP) is 2.67. The van der Waals surface area contributed by atoms with E-state index in [0.29, 0.717) is 25.7 Å². The maximum absolute atomic E-state index is 12.2. The van der Waals surface area contributed by atoms with Gasteiger partial charge in [0.1, 0.15) is 25.4 Å². The Balaban J connectivity index is 5.38. The standard InChI is InChI=1S/C20H35NO7/c1-5-9-16(22)21-20(13-26-17(23)10-6-2,14-27-18(24)11-7-3)15-28-19(25)12-8-4/h5-15H2,1-4H3,(H,21,22). The van der Waals surface area contributed by atoms with Crippen LogP contribution in [0.4, 0.5) is 0 Å². The lowest BCUT2D eigenvalue weighted by atomic mass is 10.0. The van der Waals surface area contributed by atoms with Gasteiger partial charge in [0.2, 0.25) is 5.91 Å². The number of rotatable bonds is 15. The van der Waals surface area contributed by atoms with Crippen LogP contribution < -0.4 is 5.32 Å². The first-order valence-corrected chi connectivity index (χ1v) is 10.1. The van der Waals surface area contributed by atoms with Crippen molar-refractivity contribution in [2.24, 2.45) is 0 Å². The van der Waals surface area contributed by atoms with Crippen molar-refractivity contribution in [3.05, 3.63) is 0 Å². The summed E-state index contributed by atoms with van der Waals surface area (Å²) in [6, 6.07) is 0. The van der Waals surface area contributed by atoms with Gasteiger partial charge >= 0.3 is 17.9 Å². The molecule has 8 nitrogen and oxygen atoms in total. The van der Waals surface area contributed by atoms with Crippen molar-refractivity contribution in [3.63, 3.8) is 0 Å². The molecule has 0 unspecified atom stereocenters. The van der Waals surface area contributed by atoms with E-state index in [0.717, 1.165) is 0 Å². The van der Waals surface area contributed by atoms with Crippen LogP contribution in [0.1, 0.15) is 79.1 Å². The van der Waals surface area contributed by atoms with Gasteiger partial charge in [-0.15, -0.1) is 0 Å². The average molecular weight is 402 g/mol. The Bertz CT molecular complexity index is 450. The molecule has 0 heterocycles. The van der Waals surface area contributed by atoms with E-state index >= 15 is 0 Å². The summed E-state index contributed by atoms with van der Waals surface area (Å²) < 4.78 is 15.8. The summed E-state index contributed by atoms with van der Waals surface area (Å²) in [5.41, 5.74) is -1.32. The van der Waals surface area contributed by atoms with Crippen LogP contribution in [0.3, 0.4) is 0 Å². The first-order valence-electron chi connectivity index (χ1n) is 10.1. The number of hydrogen-bond acceptors (Lipinski definition) is 7. The van der Waals surface area contributed by atoms with Crippen LogP contribution >= 0.6 is 0 Å². The largest absolute Gasteiger partial charge is 0.463 e. The van der Waals surface area contributed by atoms with Crippen LogP contribution in [0.5, 0.6) is 0 Å². The van der Waals surface area contributed by atoms with Crippen molar-refractivity contribution in [1.29, 1.82) is 0 Å². The third-order valence-electron chi connectivity index (χ3n) is 3.77. The Kier molecular flexibility index (Phi) is 13.8. The Morgan fingerprint density at radius 2 is 0.929 bits per heavy atom. The fraction of sp³-hybridized carbons (Fsp3) is 0.800. The smallest absolute Gasteiger partial charge is 0.305 e. The molecule has 0 radical (unpaired) electrons. The van der Waals surface area contributed by atoms with E-state index < -0.39 is 23.4 Å². The van der Waals surface area contributed by atoms with Crippen LogP contribution in [0.2, 0.25) is 0 Å². The van der Waals surface area contributed by atoms with Gasteiger partial charge in [0.25, 0.3) is 0 Å². The Morgan fingerprint density at radius 1 is 0.607 bits per heavy atom. The molecule has 28 heavy (non-hydrogen) atoms. The van der Waals surface area contributed by atoms with Crippen LogP contribution in [0.25, 0.3) is 0 Å². The molecule has 0 saturated heterocycles. The Morgan fingerprint density at radius 3 is 1.21 bits per heavy atom. The molecule has 0 fully saturated rings. The van der Waals surface area contributed by atoms with Crippen LogP contribution in [0, 0.1) is 0 Å². The molecule has 1 N–H and O–H groups in total. The van der Waals surface area contributed by atoms with E-state index in [9.17, 15) is 19.2 Å². The second kappa shape index (κ2) is 14.9. The lowest BCUT2D eigenvalue weighted by molar-refractivity contribution is -0.159. The summed E-state index contributed by atoms with van der Waals surface area (Å²) in [6.45, 7) is 6.63. The summed E-state index contributed by atoms with van der Waals surface area (Å²) in [7, 11) is 0. The molecule has 0 spiro atoms. The number of hydrogen-bond donors (Lipinski definition) is 1. The lowest BCUT2D eigenvalue weighted by Crippen LogP contribution is -2.59. The monoisotopic (exact) mass is 401 g/mol. The molecule has 0 aromatic heterocycles. The van der Waals surface area contributed by atoms with Gasteiger partial charge in [-0.2, -0.15) is 0 Å². The molecule has 162 valence electrons. The van der Waals surface area contributed by atoms with Crippen LogP contribution in [-0.4, -0.2) is 49.2 Å². The van der Waals surface area contributed by atoms with Gasteiger partial charge in [0.05, 0.1) is 0 Å². The zero-order valence-electron chi connectivity index (χ0n) is 17.6. The third kappa shape index (κ3) is 11.6. The molecule has 0 rings (SSSR count). The maximum atomic E-state index is 12.2. The highest BCUT2D eigenvalue weighted by molar-refractivity contribution is 5.77. The fourth-order valence-corrected chi connectivity index (χ4v) is 2.30. The molecule has 8 heteroatoms. The third-order valence-corrected chi connectivity index (χ3v) is 3.77. The van der Waals surface area contributed by atoms with Crippen LogP contribution in [0.15, 0.2) is 0 Å². The van der Waals surface area contributed by atoms with E-state index in [1.165, 1.54) is 0 Å². The summed E-state index contributed by atoms with van der Waals surface area (Å²) >= 11 is 0. The number of carbonyl (C=O) groups excluding carboxylic acids is 4. The topological polar surface area (TPSA) is 108 Å². The first-order chi connectivity index (χ1) is 13.3. The molecule has 0 aliphatic heterocycles. The van der Waals surface area contributed by atoms with E-state index in [-0.39, 0.29) is 51.4 Å². The molecule has 1 amide bonds. The number of ether oxygens (including phenoxy) is 3. The van der Waals surface area contributed by atoms with Crippen molar-refractivity contribution >= 4 is 23.8 Å². The summed E-state index contributed by atoms with van der Waals surface area (Å²) in [6.07, 6.45) is 3.39. The van der Waals surface area contributed by atoms with Crippen molar-refractivity contribution < 1.29 is 33.4 Å². The van der Waals surface area contributed by atoms with Crippen molar-refractivity contribution in [2.45, 2.75) is 84.6 Å². The second-order valence-electron chi connectivity index (χ2n) is 6.81. The van der Waals surface area contributed by atoms with Gasteiger partial charge in [-0.05, 0) is 25.7 Å². The first kappa shape index (κ1) is 25.9. The lowest BCUT2D eigenvalue weighted by Gasteiger charge is -2.33. The van der Waals surface area contributed by atoms with Gasteiger partial charge in [-0.3, -0.25) is 19.2 Å². The highest BCUT2D eigenvalue weighted by atomic mass is 16.6.